The van der Waals surface area contributed by atoms with E-state index in [0.717, 1.165) is 27.2 Å². The molecule has 2 aromatic carbocycles. The van der Waals surface area contributed by atoms with Crippen LogP contribution in [0, 0.1) is 0 Å². The number of carboxylic acids is 1. The van der Waals surface area contributed by atoms with E-state index in [0.29, 0.717) is 0 Å². The Kier molecular flexibility index (Phi) is 7.38. The summed E-state index contributed by atoms with van der Waals surface area (Å²) in [7, 11) is 2.79. The first kappa shape index (κ1) is 24.3. The number of carbonyl (C=O) groups excluding carboxylic acids is 2. The minimum Gasteiger partial charge on any atom is -0.480 e. The van der Waals surface area contributed by atoms with Crippen molar-refractivity contribution in [3.63, 3.8) is 0 Å². The average Bonchev–Trinajstić information content (AvgIpc) is 3.13. The van der Waals surface area contributed by atoms with Crippen LogP contribution in [0.2, 0.25) is 0 Å². The molecule has 33 heavy (non-hydrogen) atoms. The third kappa shape index (κ3) is 5.01. The van der Waals surface area contributed by atoms with E-state index in [2.05, 4.69) is 17.4 Å². The van der Waals surface area contributed by atoms with Crippen molar-refractivity contribution in [3.8, 4) is 11.1 Å². The largest absolute Gasteiger partial charge is 0.480 e. The Bertz CT molecular complexity index is 990. The number of nitrogens with zero attached hydrogens (tertiary/aromatic N) is 1. The first-order valence-corrected chi connectivity index (χ1v) is 10.8. The highest BCUT2D eigenvalue weighted by Gasteiger charge is 2.38. The lowest BCUT2D eigenvalue weighted by Gasteiger charge is -2.33. The van der Waals surface area contributed by atoms with E-state index in [1.807, 2.05) is 36.4 Å². The number of nitrogens with one attached hydrogen (secondary N) is 1. The topological polar surface area (TPSA) is 105 Å². The van der Waals surface area contributed by atoms with Crippen LogP contribution in [0.5, 0.6) is 0 Å². The van der Waals surface area contributed by atoms with Gasteiger partial charge in [-0.3, -0.25) is 4.79 Å². The van der Waals surface area contributed by atoms with Crippen molar-refractivity contribution in [2.45, 2.75) is 37.8 Å². The average molecular weight is 455 g/mol. The minimum atomic E-state index is -1.38. The number of methoxy groups -OCH3 is 1. The van der Waals surface area contributed by atoms with Crippen LogP contribution < -0.4 is 5.32 Å². The van der Waals surface area contributed by atoms with Crippen molar-refractivity contribution in [1.29, 1.82) is 0 Å². The highest BCUT2D eigenvalue weighted by molar-refractivity contribution is 5.88. The number of benzene rings is 2. The van der Waals surface area contributed by atoms with Gasteiger partial charge < -0.3 is 24.8 Å². The molecule has 8 heteroatoms. The van der Waals surface area contributed by atoms with Crippen molar-refractivity contribution in [2.75, 3.05) is 27.3 Å². The van der Waals surface area contributed by atoms with Crippen LogP contribution in [0.15, 0.2) is 48.5 Å². The number of hydrogen-bond acceptors (Lipinski definition) is 5. The second-order valence-corrected chi connectivity index (χ2v) is 8.53. The summed E-state index contributed by atoms with van der Waals surface area (Å²) in [4.78, 5) is 37.5. The molecule has 2 N–H and O–H groups in total. The van der Waals surface area contributed by atoms with Gasteiger partial charge in [0.15, 0.2) is 0 Å². The molecule has 0 saturated carbocycles. The summed E-state index contributed by atoms with van der Waals surface area (Å²) in [6, 6.07) is 16.2. The van der Waals surface area contributed by atoms with Crippen molar-refractivity contribution in [1.82, 2.24) is 10.2 Å². The molecule has 2 amide bonds. The Morgan fingerprint density at radius 1 is 1.06 bits per heavy atom. The molecule has 1 aliphatic carbocycles. The van der Waals surface area contributed by atoms with Gasteiger partial charge in [-0.1, -0.05) is 48.5 Å². The number of carboxylic acid groups (broad SMARTS) is 1. The molecule has 1 atom stereocenters. The molecule has 0 radical (unpaired) electrons. The molecule has 0 aliphatic heterocycles. The molecule has 1 unspecified atom stereocenters. The maximum atomic E-state index is 12.6. The Labute approximate surface area is 193 Å². The predicted octanol–water partition coefficient (Wildman–Crippen LogP) is 3.25. The quantitative estimate of drug-likeness (QED) is 0.603. The number of likely N-dealkylation sites (N-methyl/N-ethyl adjacent to an activating group) is 1. The van der Waals surface area contributed by atoms with Gasteiger partial charge in [-0.15, -0.1) is 0 Å². The number of hydrogen-bond donors (Lipinski definition) is 2. The number of fused-ring (bicyclic) bond motifs is 3. The van der Waals surface area contributed by atoms with Gasteiger partial charge in [0, 0.05) is 33.0 Å². The van der Waals surface area contributed by atoms with Crippen molar-refractivity contribution < 1.29 is 29.0 Å². The number of amides is 2. The van der Waals surface area contributed by atoms with Gasteiger partial charge in [-0.05, 0) is 36.1 Å². The first-order valence-electron chi connectivity index (χ1n) is 10.8. The number of aliphatic carboxylic acids is 1. The molecule has 0 fully saturated rings. The molecule has 1 aliphatic rings. The molecule has 3 rings (SSSR count). The van der Waals surface area contributed by atoms with Crippen molar-refractivity contribution >= 4 is 18.0 Å². The Morgan fingerprint density at radius 2 is 1.61 bits per heavy atom. The van der Waals surface area contributed by atoms with E-state index >= 15 is 0 Å². The lowest BCUT2D eigenvalue weighted by molar-refractivity contribution is -0.159. The molecule has 0 spiro atoms. The second kappa shape index (κ2) is 10.0. The number of rotatable bonds is 9. The smallest absolute Gasteiger partial charge is 0.407 e. The number of ether oxygens (including phenoxy) is 2. The Hall–Kier alpha value is -3.39. The highest BCUT2D eigenvalue weighted by Crippen LogP contribution is 2.44. The monoisotopic (exact) mass is 454 g/mol. The van der Waals surface area contributed by atoms with Gasteiger partial charge in [0.2, 0.25) is 0 Å². The maximum absolute atomic E-state index is 12.6. The van der Waals surface area contributed by atoms with E-state index in [1.54, 1.807) is 0 Å². The summed E-state index contributed by atoms with van der Waals surface area (Å²) in [5, 5.41) is 12.0. The molecular weight excluding hydrogens is 424 g/mol. The van der Waals surface area contributed by atoms with Crippen LogP contribution in [0.4, 0.5) is 4.79 Å². The van der Waals surface area contributed by atoms with Crippen molar-refractivity contribution in [2.24, 2.45) is 0 Å². The minimum absolute atomic E-state index is 0.0386. The van der Waals surface area contributed by atoms with Crippen LogP contribution >= 0.6 is 0 Å². The fraction of sp³-hybridized carbons (Fsp3) is 0.400. The van der Waals surface area contributed by atoms with E-state index < -0.39 is 29.6 Å². The van der Waals surface area contributed by atoms with E-state index in [-0.39, 0.29) is 25.5 Å². The van der Waals surface area contributed by atoms with E-state index in [9.17, 15) is 19.5 Å². The lowest BCUT2D eigenvalue weighted by atomic mass is 9.98. The molecule has 0 bridgehead atoms. The van der Waals surface area contributed by atoms with Crippen LogP contribution in [0.25, 0.3) is 11.1 Å². The number of alkyl carbamates (subject to hydrolysis) is 1. The molecule has 0 aromatic heterocycles. The Balaban J connectivity index is 1.53. The highest BCUT2D eigenvalue weighted by atomic mass is 16.5. The predicted molar refractivity (Wildman–Crippen MR) is 123 cm³/mol. The summed E-state index contributed by atoms with van der Waals surface area (Å²) in [6.45, 7) is 3.22. The van der Waals surface area contributed by atoms with Crippen LogP contribution in [0.3, 0.4) is 0 Å². The summed E-state index contributed by atoms with van der Waals surface area (Å²) in [6.07, 6.45) is -1.29. The summed E-state index contributed by atoms with van der Waals surface area (Å²) in [5.74, 6) is -1.63. The molecule has 0 saturated heterocycles. The normalized spacial score (nSPS) is 13.6. The third-order valence-electron chi connectivity index (χ3n) is 6.27. The summed E-state index contributed by atoms with van der Waals surface area (Å²) in [5.41, 5.74) is 3.17. The van der Waals surface area contributed by atoms with Crippen LogP contribution in [-0.2, 0) is 19.1 Å². The third-order valence-corrected chi connectivity index (χ3v) is 6.27. The second-order valence-electron chi connectivity index (χ2n) is 8.53. The first-order chi connectivity index (χ1) is 15.7. The van der Waals surface area contributed by atoms with Gasteiger partial charge in [0.1, 0.15) is 18.2 Å². The number of carbonyl (C=O) groups is 3. The van der Waals surface area contributed by atoms with E-state index in [1.165, 1.54) is 28.0 Å². The molecule has 176 valence electrons. The van der Waals surface area contributed by atoms with Crippen molar-refractivity contribution in [3.05, 3.63) is 59.7 Å². The van der Waals surface area contributed by atoms with Gasteiger partial charge >= 0.3 is 12.1 Å². The fourth-order valence-electron chi connectivity index (χ4n) is 3.93. The molecule has 2 aromatic rings. The SMILES string of the molecule is COC(CCNC(=O)OCC1c2ccccc2-c2ccccc21)C(=O)N(C)C(C)(C)C(=O)O. The summed E-state index contributed by atoms with van der Waals surface area (Å²) >= 11 is 0. The standard InChI is InChI=1S/C25H30N2O6/c1-25(2,23(29)30)27(3)22(28)21(32-4)13-14-26-24(31)33-15-20-18-11-7-5-9-16(18)17-10-6-8-12-19(17)20/h5-12,20-21H,13-15H2,1-4H3,(H,26,31)(H,29,30). The zero-order chi connectivity index (χ0) is 24.2. The van der Waals surface area contributed by atoms with Gasteiger partial charge in [-0.2, -0.15) is 0 Å². The summed E-state index contributed by atoms with van der Waals surface area (Å²) < 4.78 is 10.7. The Morgan fingerprint density at radius 3 is 2.12 bits per heavy atom. The molecular formula is C25H30N2O6. The fourth-order valence-corrected chi connectivity index (χ4v) is 3.93. The van der Waals surface area contributed by atoms with E-state index in [4.69, 9.17) is 9.47 Å². The maximum Gasteiger partial charge on any atom is 0.407 e. The zero-order valence-corrected chi connectivity index (χ0v) is 19.3. The molecule has 0 heterocycles. The molecule has 8 nitrogen and oxygen atoms in total. The van der Waals surface area contributed by atoms with Gasteiger partial charge in [0.05, 0.1) is 0 Å². The van der Waals surface area contributed by atoms with Crippen LogP contribution in [-0.4, -0.2) is 66.9 Å². The van der Waals surface area contributed by atoms with Crippen LogP contribution in [0.1, 0.15) is 37.3 Å². The van der Waals surface area contributed by atoms with Gasteiger partial charge in [-0.25, -0.2) is 9.59 Å². The zero-order valence-electron chi connectivity index (χ0n) is 19.3. The van der Waals surface area contributed by atoms with Gasteiger partial charge in [0.25, 0.3) is 5.91 Å². The lowest BCUT2D eigenvalue weighted by Crippen LogP contribution is -2.54.